The van der Waals surface area contributed by atoms with Crippen LogP contribution in [0.5, 0.6) is 0 Å². The summed E-state index contributed by atoms with van der Waals surface area (Å²) in [4.78, 5) is 32.3. The third-order valence-corrected chi connectivity index (χ3v) is 7.54. The quantitative estimate of drug-likeness (QED) is 0.709. The number of nitrogens with zero attached hydrogens (tertiary/aromatic N) is 3. The summed E-state index contributed by atoms with van der Waals surface area (Å²) in [6.45, 7) is 8.99. The SMILES string of the molecule is CC(C)(C)OC(=O)N1C[C@@H](N2CCC(c3ccccc3)CC2)C[C@H]1C(=O)N1CCSC1. The summed E-state index contributed by atoms with van der Waals surface area (Å²) in [6.07, 6.45) is 2.58. The van der Waals surface area contributed by atoms with E-state index in [1.54, 1.807) is 16.7 Å². The van der Waals surface area contributed by atoms with Crippen molar-refractivity contribution in [1.29, 1.82) is 0 Å². The fourth-order valence-corrected chi connectivity index (χ4v) is 5.91. The van der Waals surface area contributed by atoms with Crippen molar-refractivity contribution < 1.29 is 14.3 Å². The molecule has 4 rings (SSSR count). The largest absolute Gasteiger partial charge is 0.444 e. The molecule has 0 saturated carbocycles. The van der Waals surface area contributed by atoms with Gasteiger partial charge in [0, 0.05) is 24.9 Å². The lowest BCUT2D eigenvalue weighted by atomic mass is 9.89. The summed E-state index contributed by atoms with van der Waals surface area (Å²) in [5.74, 6) is 2.38. The van der Waals surface area contributed by atoms with Gasteiger partial charge in [-0.25, -0.2) is 4.79 Å². The molecule has 170 valence electrons. The number of hydrogen-bond acceptors (Lipinski definition) is 5. The molecule has 1 aromatic rings. The minimum absolute atomic E-state index is 0.0810. The zero-order chi connectivity index (χ0) is 22.0. The highest BCUT2D eigenvalue weighted by atomic mass is 32.2. The summed E-state index contributed by atoms with van der Waals surface area (Å²) in [6, 6.07) is 10.6. The number of thioether (sulfide) groups is 1. The Labute approximate surface area is 190 Å². The summed E-state index contributed by atoms with van der Waals surface area (Å²) < 4.78 is 5.67. The van der Waals surface area contributed by atoms with Gasteiger partial charge in [0.2, 0.25) is 5.91 Å². The predicted octanol–water partition coefficient (Wildman–Crippen LogP) is 3.78. The van der Waals surface area contributed by atoms with E-state index in [0.717, 1.165) is 44.1 Å². The molecule has 0 bridgehead atoms. The number of ether oxygens (including phenoxy) is 1. The monoisotopic (exact) mass is 445 g/mol. The van der Waals surface area contributed by atoms with Gasteiger partial charge in [0.1, 0.15) is 11.6 Å². The van der Waals surface area contributed by atoms with Crippen LogP contribution in [0.2, 0.25) is 0 Å². The van der Waals surface area contributed by atoms with E-state index in [1.165, 1.54) is 5.56 Å². The molecule has 0 unspecified atom stereocenters. The average Bonchev–Trinajstić information content (AvgIpc) is 3.43. The topological polar surface area (TPSA) is 53.1 Å². The van der Waals surface area contributed by atoms with Crippen molar-refractivity contribution in [2.45, 2.75) is 63.6 Å². The molecule has 3 fully saturated rings. The molecule has 1 aromatic carbocycles. The molecule has 3 aliphatic rings. The van der Waals surface area contributed by atoms with Crippen LogP contribution < -0.4 is 0 Å². The number of amides is 2. The Hall–Kier alpha value is -1.73. The Morgan fingerprint density at radius 3 is 2.39 bits per heavy atom. The Morgan fingerprint density at radius 1 is 1.06 bits per heavy atom. The predicted molar refractivity (Wildman–Crippen MR) is 124 cm³/mol. The third-order valence-electron chi connectivity index (χ3n) is 6.57. The van der Waals surface area contributed by atoms with Crippen LogP contribution in [0.25, 0.3) is 0 Å². The number of hydrogen-bond donors (Lipinski definition) is 0. The van der Waals surface area contributed by atoms with Gasteiger partial charge in [-0.1, -0.05) is 30.3 Å². The lowest BCUT2D eigenvalue weighted by Gasteiger charge is -2.36. The van der Waals surface area contributed by atoms with Gasteiger partial charge in [0.15, 0.2) is 0 Å². The minimum atomic E-state index is -0.569. The molecule has 3 heterocycles. The van der Waals surface area contributed by atoms with Crippen molar-refractivity contribution in [3.05, 3.63) is 35.9 Å². The van der Waals surface area contributed by atoms with Crippen molar-refractivity contribution in [3.63, 3.8) is 0 Å². The first-order valence-corrected chi connectivity index (χ1v) is 12.6. The molecule has 31 heavy (non-hydrogen) atoms. The number of likely N-dealkylation sites (tertiary alicyclic amines) is 2. The van der Waals surface area contributed by atoms with E-state index < -0.39 is 11.6 Å². The Morgan fingerprint density at radius 2 is 1.77 bits per heavy atom. The lowest BCUT2D eigenvalue weighted by molar-refractivity contribution is -0.134. The molecular formula is C24H35N3O3S. The molecule has 0 N–H and O–H groups in total. The molecule has 6 nitrogen and oxygen atoms in total. The first-order chi connectivity index (χ1) is 14.8. The molecule has 0 radical (unpaired) electrons. The van der Waals surface area contributed by atoms with E-state index in [0.29, 0.717) is 18.9 Å². The smallest absolute Gasteiger partial charge is 0.411 e. The maximum absolute atomic E-state index is 13.2. The zero-order valence-corrected chi connectivity index (χ0v) is 19.8. The van der Waals surface area contributed by atoms with E-state index >= 15 is 0 Å². The van der Waals surface area contributed by atoms with Gasteiger partial charge >= 0.3 is 6.09 Å². The minimum Gasteiger partial charge on any atom is -0.444 e. The van der Waals surface area contributed by atoms with Crippen LogP contribution in [0.3, 0.4) is 0 Å². The Balaban J connectivity index is 1.43. The fourth-order valence-electron chi connectivity index (χ4n) is 4.96. The molecule has 2 amide bonds. The first-order valence-electron chi connectivity index (χ1n) is 11.5. The third kappa shape index (κ3) is 5.37. The Kier molecular flexibility index (Phi) is 6.82. The van der Waals surface area contributed by atoms with E-state index in [9.17, 15) is 9.59 Å². The van der Waals surface area contributed by atoms with Crippen molar-refractivity contribution in [1.82, 2.24) is 14.7 Å². The maximum atomic E-state index is 13.2. The van der Waals surface area contributed by atoms with Gasteiger partial charge in [-0.3, -0.25) is 14.6 Å². The molecule has 0 aromatic heterocycles. The number of carbonyl (C=O) groups is 2. The van der Waals surface area contributed by atoms with Crippen LogP contribution in [0.4, 0.5) is 4.79 Å². The first kappa shape index (κ1) is 22.5. The van der Waals surface area contributed by atoms with E-state index in [1.807, 2.05) is 25.7 Å². The molecule has 3 aliphatic heterocycles. The summed E-state index contributed by atoms with van der Waals surface area (Å²) in [7, 11) is 0. The zero-order valence-electron chi connectivity index (χ0n) is 19.0. The summed E-state index contributed by atoms with van der Waals surface area (Å²) in [5.41, 5.74) is 0.851. The van der Waals surface area contributed by atoms with Crippen molar-refractivity contribution in [3.8, 4) is 0 Å². The van der Waals surface area contributed by atoms with Crippen LogP contribution >= 0.6 is 11.8 Å². The van der Waals surface area contributed by atoms with Gasteiger partial charge < -0.3 is 9.64 Å². The number of benzene rings is 1. The van der Waals surface area contributed by atoms with Gasteiger partial charge in [-0.05, 0) is 64.6 Å². The highest BCUT2D eigenvalue weighted by Crippen LogP contribution is 2.33. The van der Waals surface area contributed by atoms with Crippen molar-refractivity contribution in [2.75, 3.05) is 37.8 Å². The van der Waals surface area contributed by atoms with E-state index in [2.05, 4.69) is 35.2 Å². The van der Waals surface area contributed by atoms with Crippen LogP contribution in [0, 0.1) is 0 Å². The van der Waals surface area contributed by atoms with Gasteiger partial charge in [0.25, 0.3) is 0 Å². The van der Waals surface area contributed by atoms with Gasteiger partial charge in [-0.2, -0.15) is 0 Å². The molecule has 7 heteroatoms. The van der Waals surface area contributed by atoms with Crippen LogP contribution in [-0.4, -0.2) is 82.2 Å². The van der Waals surface area contributed by atoms with Gasteiger partial charge in [-0.15, -0.1) is 11.8 Å². The highest BCUT2D eigenvalue weighted by molar-refractivity contribution is 7.99. The highest BCUT2D eigenvalue weighted by Gasteiger charge is 2.45. The summed E-state index contributed by atoms with van der Waals surface area (Å²) >= 11 is 1.78. The fraction of sp³-hybridized carbons (Fsp3) is 0.667. The number of rotatable bonds is 3. The standard InChI is InChI=1S/C24H35N3O3S/c1-24(2,3)30-23(29)27-16-20(15-21(27)22(28)26-13-14-31-17-26)25-11-9-19(10-12-25)18-7-5-4-6-8-18/h4-8,19-21H,9-17H2,1-3H3/t20-,21-/m0/s1. The van der Waals surface area contributed by atoms with Crippen LogP contribution in [0.1, 0.15) is 51.5 Å². The molecule has 0 aliphatic carbocycles. The Bertz CT molecular complexity index is 768. The van der Waals surface area contributed by atoms with Gasteiger partial charge in [0.05, 0.1) is 5.88 Å². The maximum Gasteiger partial charge on any atom is 0.411 e. The molecule has 0 spiro atoms. The van der Waals surface area contributed by atoms with Crippen LogP contribution in [-0.2, 0) is 9.53 Å². The molecule has 3 saturated heterocycles. The van der Waals surface area contributed by atoms with E-state index in [4.69, 9.17) is 4.74 Å². The van der Waals surface area contributed by atoms with Crippen molar-refractivity contribution in [2.24, 2.45) is 0 Å². The molecule has 2 atom stereocenters. The summed E-state index contributed by atoms with van der Waals surface area (Å²) in [5, 5.41) is 0. The van der Waals surface area contributed by atoms with Crippen molar-refractivity contribution >= 4 is 23.8 Å². The second kappa shape index (κ2) is 9.41. The average molecular weight is 446 g/mol. The normalized spacial score (nSPS) is 25.8. The van der Waals surface area contributed by atoms with E-state index in [-0.39, 0.29) is 18.0 Å². The lowest BCUT2D eigenvalue weighted by Crippen LogP contribution is -2.48. The number of carbonyl (C=O) groups excluding carboxylic acids is 2. The second-order valence-electron chi connectivity index (χ2n) is 9.90. The number of piperidine rings is 1. The second-order valence-corrected chi connectivity index (χ2v) is 11.0. The van der Waals surface area contributed by atoms with Crippen LogP contribution in [0.15, 0.2) is 30.3 Å². The molecular weight excluding hydrogens is 410 g/mol.